The molecule has 1 N–H and O–H groups in total. The second-order valence-electron chi connectivity index (χ2n) is 5.60. The standard InChI is InChI=1S/C18H18N2O5/c1-2-24-18(23)16-13(12-7-4-3-5-8-12)11-15(21)20(16)19-17(22)14-9-6-10-25-14/h3-10,13,16H,2,11H2,1H3,(H,19,22)/t13-,16-/m0/s1. The summed E-state index contributed by atoms with van der Waals surface area (Å²) in [6, 6.07) is 11.4. The first-order chi connectivity index (χ1) is 12.1. The molecule has 25 heavy (non-hydrogen) atoms. The fourth-order valence-electron chi connectivity index (χ4n) is 2.94. The lowest BCUT2D eigenvalue weighted by Crippen LogP contribution is -2.52. The third-order valence-corrected chi connectivity index (χ3v) is 4.05. The van der Waals surface area contributed by atoms with Crippen molar-refractivity contribution in [3.63, 3.8) is 0 Å². The first-order valence-electron chi connectivity index (χ1n) is 8.00. The fraction of sp³-hybridized carbons (Fsp3) is 0.278. The van der Waals surface area contributed by atoms with Crippen molar-refractivity contribution >= 4 is 17.8 Å². The highest BCUT2D eigenvalue weighted by Gasteiger charge is 2.47. The molecule has 7 heteroatoms. The van der Waals surface area contributed by atoms with Crippen molar-refractivity contribution in [2.24, 2.45) is 0 Å². The number of carbonyl (C=O) groups is 3. The van der Waals surface area contributed by atoms with Crippen LogP contribution in [-0.4, -0.2) is 35.4 Å². The normalized spacial score (nSPS) is 19.7. The van der Waals surface area contributed by atoms with Gasteiger partial charge in [-0.3, -0.25) is 15.0 Å². The topological polar surface area (TPSA) is 88.9 Å². The lowest BCUT2D eigenvalue weighted by molar-refractivity contribution is -0.153. The number of hydrogen-bond donors (Lipinski definition) is 1. The van der Waals surface area contributed by atoms with Crippen LogP contribution in [-0.2, 0) is 14.3 Å². The molecule has 0 aliphatic carbocycles. The summed E-state index contributed by atoms with van der Waals surface area (Å²) in [7, 11) is 0. The van der Waals surface area contributed by atoms with E-state index in [2.05, 4.69) is 5.43 Å². The predicted molar refractivity (Wildman–Crippen MR) is 87.2 cm³/mol. The van der Waals surface area contributed by atoms with Crippen LogP contribution in [0, 0.1) is 0 Å². The zero-order valence-electron chi connectivity index (χ0n) is 13.7. The minimum absolute atomic E-state index is 0.0542. The molecule has 1 aliphatic rings. The Balaban J connectivity index is 1.88. The Morgan fingerprint density at radius 2 is 2.00 bits per heavy atom. The molecular formula is C18H18N2O5. The van der Waals surface area contributed by atoms with E-state index in [-0.39, 0.29) is 24.7 Å². The van der Waals surface area contributed by atoms with Crippen LogP contribution in [0.2, 0.25) is 0 Å². The molecule has 0 saturated carbocycles. The highest BCUT2D eigenvalue weighted by Crippen LogP contribution is 2.34. The molecule has 130 valence electrons. The van der Waals surface area contributed by atoms with Gasteiger partial charge in [-0.2, -0.15) is 0 Å². The maximum absolute atomic E-state index is 12.5. The molecule has 2 heterocycles. The number of rotatable bonds is 5. The number of nitrogens with one attached hydrogen (secondary N) is 1. The van der Waals surface area contributed by atoms with Crippen molar-refractivity contribution in [3.05, 3.63) is 60.1 Å². The quantitative estimate of drug-likeness (QED) is 0.838. The Labute approximate surface area is 144 Å². The van der Waals surface area contributed by atoms with Gasteiger partial charge in [-0.25, -0.2) is 9.80 Å². The number of nitrogens with zero attached hydrogens (tertiary/aromatic N) is 1. The summed E-state index contributed by atoms with van der Waals surface area (Å²) in [6.07, 6.45) is 1.46. The van der Waals surface area contributed by atoms with Crippen LogP contribution in [0.5, 0.6) is 0 Å². The molecule has 1 aromatic carbocycles. The number of esters is 1. The van der Waals surface area contributed by atoms with Crippen molar-refractivity contribution in [1.82, 2.24) is 10.4 Å². The van der Waals surface area contributed by atoms with E-state index in [0.29, 0.717) is 0 Å². The van der Waals surface area contributed by atoms with Gasteiger partial charge in [0, 0.05) is 12.3 Å². The van der Waals surface area contributed by atoms with Gasteiger partial charge >= 0.3 is 11.9 Å². The van der Waals surface area contributed by atoms with Crippen LogP contribution in [0.4, 0.5) is 0 Å². The summed E-state index contributed by atoms with van der Waals surface area (Å²) in [4.78, 5) is 37.1. The van der Waals surface area contributed by atoms with Crippen molar-refractivity contribution in [1.29, 1.82) is 0 Å². The van der Waals surface area contributed by atoms with Gasteiger partial charge < -0.3 is 9.15 Å². The average molecular weight is 342 g/mol. The average Bonchev–Trinajstić information content (AvgIpc) is 3.25. The van der Waals surface area contributed by atoms with Gasteiger partial charge in [-0.1, -0.05) is 30.3 Å². The van der Waals surface area contributed by atoms with Crippen molar-refractivity contribution in [3.8, 4) is 0 Å². The van der Waals surface area contributed by atoms with E-state index in [4.69, 9.17) is 9.15 Å². The van der Waals surface area contributed by atoms with Gasteiger partial charge in [0.25, 0.3) is 0 Å². The van der Waals surface area contributed by atoms with Gasteiger partial charge in [-0.05, 0) is 24.6 Å². The number of hydrogen-bond acceptors (Lipinski definition) is 5. The zero-order valence-corrected chi connectivity index (χ0v) is 13.7. The summed E-state index contributed by atoms with van der Waals surface area (Å²) in [5, 5.41) is 1.06. The molecule has 0 bridgehead atoms. The highest BCUT2D eigenvalue weighted by molar-refractivity contribution is 5.96. The van der Waals surface area contributed by atoms with Crippen molar-refractivity contribution in [2.75, 3.05) is 6.61 Å². The molecule has 1 fully saturated rings. The molecule has 0 radical (unpaired) electrons. The number of benzene rings is 1. The summed E-state index contributed by atoms with van der Waals surface area (Å²) >= 11 is 0. The second kappa shape index (κ2) is 7.21. The molecule has 7 nitrogen and oxygen atoms in total. The van der Waals surface area contributed by atoms with E-state index in [9.17, 15) is 14.4 Å². The Kier molecular flexibility index (Phi) is 4.83. The van der Waals surface area contributed by atoms with Crippen LogP contribution in [0.15, 0.2) is 53.1 Å². The van der Waals surface area contributed by atoms with E-state index >= 15 is 0 Å². The summed E-state index contributed by atoms with van der Waals surface area (Å²) in [6.45, 7) is 1.88. The Bertz CT molecular complexity index is 757. The van der Waals surface area contributed by atoms with E-state index in [1.807, 2.05) is 30.3 Å². The van der Waals surface area contributed by atoms with Crippen LogP contribution >= 0.6 is 0 Å². The van der Waals surface area contributed by atoms with E-state index < -0.39 is 23.8 Å². The van der Waals surface area contributed by atoms with E-state index in [1.54, 1.807) is 13.0 Å². The van der Waals surface area contributed by atoms with Gasteiger partial charge in [0.05, 0.1) is 12.9 Å². The van der Waals surface area contributed by atoms with Crippen molar-refractivity contribution < 1.29 is 23.5 Å². The van der Waals surface area contributed by atoms with E-state index in [0.717, 1.165) is 10.6 Å². The molecule has 2 aromatic rings. The number of hydrazine groups is 1. The number of amides is 2. The van der Waals surface area contributed by atoms with Gasteiger partial charge in [0.15, 0.2) is 11.8 Å². The fourth-order valence-corrected chi connectivity index (χ4v) is 2.94. The maximum atomic E-state index is 12.5. The molecule has 1 aliphatic heterocycles. The smallest absolute Gasteiger partial charge is 0.331 e. The Morgan fingerprint density at radius 1 is 1.24 bits per heavy atom. The minimum atomic E-state index is -0.922. The summed E-state index contributed by atoms with van der Waals surface area (Å²) in [5.41, 5.74) is 3.31. The SMILES string of the molecule is CCOC(=O)[C@@H]1[C@H](c2ccccc2)CC(=O)N1NC(=O)c1ccco1. The minimum Gasteiger partial charge on any atom is -0.464 e. The predicted octanol–water partition coefficient (Wildman–Crippen LogP) is 1.87. The van der Waals surface area contributed by atoms with E-state index in [1.165, 1.54) is 12.3 Å². The largest absolute Gasteiger partial charge is 0.464 e. The van der Waals surface area contributed by atoms with Gasteiger partial charge in [-0.15, -0.1) is 0 Å². The van der Waals surface area contributed by atoms with Gasteiger partial charge in [0.2, 0.25) is 5.91 Å². The highest BCUT2D eigenvalue weighted by atomic mass is 16.5. The first-order valence-corrected chi connectivity index (χ1v) is 8.00. The zero-order chi connectivity index (χ0) is 17.8. The molecule has 1 aromatic heterocycles. The molecule has 2 amide bonds. The summed E-state index contributed by atoms with van der Waals surface area (Å²) < 4.78 is 10.2. The third-order valence-electron chi connectivity index (χ3n) is 4.05. The Hall–Kier alpha value is -3.09. The third kappa shape index (κ3) is 3.40. The molecule has 0 unspecified atom stereocenters. The number of carbonyl (C=O) groups excluding carboxylic acids is 3. The second-order valence-corrected chi connectivity index (χ2v) is 5.60. The monoisotopic (exact) mass is 342 g/mol. The molecule has 3 rings (SSSR count). The number of furan rings is 1. The maximum Gasteiger partial charge on any atom is 0.331 e. The van der Waals surface area contributed by atoms with Crippen LogP contribution < -0.4 is 5.43 Å². The lowest BCUT2D eigenvalue weighted by Gasteiger charge is -2.26. The lowest BCUT2D eigenvalue weighted by atomic mass is 9.92. The number of ether oxygens (including phenoxy) is 1. The summed E-state index contributed by atoms with van der Waals surface area (Å²) in [5.74, 6) is -1.85. The Morgan fingerprint density at radius 3 is 2.64 bits per heavy atom. The molecule has 1 saturated heterocycles. The van der Waals surface area contributed by atoms with Crippen LogP contribution in [0.1, 0.15) is 35.4 Å². The van der Waals surface area contributed by atoms with Crippen LogP contribution in [0.25, 0.3) is 0 Å². The first kappa shape index (κ1) is 16.8. The molecular weight excluding hydrogens is 324 g/mol. The molecule has 2 atom stereocenters. The van der Waals surface area contributed by atoms with Crippen LogP contribution in [0.3, 0.4) is 0 Å². The van der Waals surface area contributed by atoms with Gasteiger partial charge in [0.1, 0.15) is 0 Å². The molecule has 0 spiro atoms. The van der Waals surface area contributed by atoms with Crippen molar-refractivity contribution in [2.45, 2.75) is 25.3 Å².